The third-order valence-corrected chi connectivity index (χ3v) is 3.50. The van der Waals surface area contributed by atoms with Crippen LogP contribution in [0.25, 0.3) is 0 Å². The van der Waals surface area contributed by atoms with Gasteiger partial charge in [0.1, 0.15) is 17.5 Å². The van der Waals surface area contributed by atoms with E-state index in [0.29, 0.717) is 4.47 Å². The molecule has 2 aromatic rings. The van der Waals surface area contributed by atoms with Crippen molar-refractivity contribution in [3.63, 3.8) is 0 Å². The van der Waals surface area contributed by atoms with Gasteiger partial charge in [-0.25, -0.2) is 13.2 Å². The van der Waals surface area contributed by atoms with Gasteiger partial charge in [-0.15, -0.1) is 0 Å². The van der Waals surface area contributed by atoms with E-state index < -0.39 is 23.6 Å². The van der Waals surface area contributed by atoms with Crippen LogP contribution in [0.1, 0.15) is 17.2 Å². The van der Waals surface area contributed by atoms with Crippen LogP contribution in [-0.4, -0.2) is 5.11 Å². The Morgan fingerprint density at radius 1 is 1.05 bits per heavy atom. The van der Waals surface area contributed by atoms with Crippen LogP contribution >= 0.6 is 15.9 Å². The summed E-state index contributed by atoms with van der Waals surface area (Å²) < 4.78 is 40.5. The molecule has 0 fully saturated rings. The molecule has 1 atom stereocenters. The fraction of sp³-hybridized carbons (Fsp3) is 0.143. The summed E-state index contributed by atoms with van der Waals surface area (Å²) in [4.78, 5) is 0. The molecule has 0 aliphatic rings. The predicted octanol–water partition coefficient (Wildman–Crippen LogP) is 4.14. The molecule has 0 aromatic heterocycles. The summed E-state index contributed by atoms with van der Waals surface area (Å²) in [7, 11) is 0. The summed E-state index contributed by atoms with van der Waals surface area (Å²) in [5.41, 5.74) is 0.0359. The maximum atomic E-state index is 13.5. The molecule has 0 spiro atoms. The van der Waals surface area contributed by atoms with Gasteiger partial charge in [0.05, 0.1) is 6.10 Å². The molecule has 0 radical (unpaired) electrons. The van der Waals surface area contributed by atoms with E-state index in [1.807, 2.05) is 0 Å². The molecule has 0 bridgehead atoms. The van der Waals surface area contributed by atoms with Crippen molar-refractivity contribution in [3.05, 3.63) is 69.4 Å². The highest BCUT2D eigenvalue weighted by molar-refractivity contribution is 9.10. The SMILES string of the molecule is OC(Cc1c(F)cccc1F)c1cc(F)ccc1Br. The van der Waals surface area contributed by atoms with Crippen molar-refractivity contribution in [2.75, 3.05) is 0 Å². The minimum absolute atomic E-state index is 0.217. The highest BCUT2D eigenvalue weighted by Crippen LogP contribution is 2.28. The van der Waals surface area contributed by atoms with Crippen LogP contribution in [0.15, 0.2) is 40.9 Å². The smallest absolute Gasteiger partial charge is 0.129 e. The number of benzene rings is 2. The molecular weight excluding hydrogens is 321 g/mol. The minimum Gasteiger partial charge on any atom is -0.388 e. The van der Waals surface area contributed by atoms with E-state index in [1.54, 1.807) is 0 Å². The number of hydrogen-bond acceptors (Lipinski definition) is 1. The van der Waals surface area contributed by atoms with Crippen LogP contribution < -0.4 is 0 Å². The lowest BCUT2D eigenvalue weighted by Gasteiger charge is -2.14. The Balaban J connectivity index is 2.31. The maximum Gasteiger partial charge on any atom is 0.129 e. The van der Waals surface area contributed by atoms with Crippen LogP contribution in [0, 0.1) is 17.5 Å². The second-order valence-electron chi connectivity index (χ2n) is 4.09. The van der Waals surface area contributed by atoms with E-state index in [9.17, 15) is 18.3 Å². The Labute approximate surface area is 116 Å². The average Bonchev–Trinajstić information content (AvgIpc) is 2.37. The molecule has 1 N–H and O–H groups in total. The van der Waals surface area contributed by atoms with Crippen molar-refractivity contribution >= 4 is 15.9 Å². The molecule has 2 rings (SSSR count). The summed E-state index contributed by atoms with van der Waals surface area (Å²) in [5.74, 6) is -1.98. The van der Waals surface area contributed by atoms with Crippen molar-refractivity contribution in [1.82, 2.24) is 0 Å². The Kier molecular flexibility index (Phi) is 4.27. The van der Waals surface area contributed by atoms with Gasteiger partial charge in [0.15, 0.2) is 0 Å². The highest BCUT2D eigenvalue weighted by atomic mass is 79.9. The van der Waals surface area contributed by atoms with Crippen molar-refractivity contribution in [2.45, 2.75) is 12.5 Å². The highest BCUT2D eigenvalue weighted by Gasteiger charge is 2.17. The lowest BCUT2D eigenvalue weighted by molar-refractivity contribution is 0.174. The Hall–Kier alpha value is -1.33. The summed E-state index contributed by atoms with van der Waals surface area (Å²) in [5, 5.41) is 10.00. The molecule has 0 aliphatic carbocycles. The first-order chi connectivity index (χ1) is 8.99. The second-order valence-corrected chi connectivity index (χ2v) is 4.94. The molecule has 1 unspecified atom stereocenters. The van der Waals surface area contributed by atoms with Gasteiger partial charge in [-0.1, -0.05) is 22.0 Å². The van der Waals surface area contributed by atoms with Gasteiger partial charge >= 0.3 is 0 Å². The van der Waals surface area contributed by atoms with Gasteiger partial charge in [-0.05, 0) is 35.9 Å². The van der Waals surface area contributed by atoms with Gasteiger partial charge in [0.25, 0.3) is 0 Å². The fourth-order valence-corrected chi connectivity index (χ4v) is 2.31. The van der Waals surface area contributed by atoms with Crippen LogP contribution in [0.3, 0.4) is 0 Å². The van der Waals surface area contributed by atoms with Gasteiger partial charge in [-0.2, -0.15) is 0 Å². The lowest BCUT2D eigenvalue weighted by Crippen LogP contribution is -2.06. The number of aliphatic hydroxyl groups excluding tert-OH is 1. The molecule has 0 heterocycles. The van der Waals surface area contributed by atoms with E-state index in [0.717, 1.165) is 18.2 Å². The van der Waals surface area contributed by atoms with E-state index in [2.05, 4.69) is 15.9 Å². The van der Waals surface area contributed by atoms with Crippen LogP contribution in [-0.2, 0) is 6.42 Å². The lowest BCUT2D eigenvalue weighted by atomic mass is 10.0. The van der Waals surface area contributed by atoms with E-state index in [-0.39, 0.29) is 17.5 Å². The van der Waals surface area contributed by atoms with Crippen molar-refractivity contribution in [1.29, 1.82) is 0 Å². The second kappa shape index (κ2) is 5.75. The van der Waals surface area contributed by atoms with E-state index in [1.165, 1.54) is 18.2 Å². The number of halogens is 4. The monoisotopic (exact) mass is 330 g/mol. The van der Waals surface area contributed by atoms with Gasteiger partial charge in [0.2, 0.25) is 0 Å². The first-order valence-corrected chi connectivity index (χ1v) is 6.34. The zero-order chi connectivity index (χ0) is 14.0. The Morgan fingerprint density at radius 2 is 1.68 bits per heavy atom. The molecule has 0 aliphatic heterocycles. The topological polar surface area (TPSA) is 20.2 Å². The third-order valence-electron chi connectivity index (χ3n) is 2.78. The predicted molar refractivity (Wildman–Crippen MR) is 69.1 cm³/mol. The van der Waals surface area contributed by atoms with Crippen LogP contribution in [0.5, 0.6) is 0 Å². The zero-order valence-electron chi connectivity index (χ0n) is 9.71. The minimum atomic E-state index is -1.20. The Bertz CT molecular complexity index is 581. The molecule has 0 saturated heterocycles. The van der Waals surface area contributed by atoms with Crippen LogP contribution in [0.4, 0.5) is 13.2 Å². The Morgan fingerprint density at radius 3 is 2.32 bits per heavy atom. The van der Waals surface area contributed by atoms with E-state index >= 15 is 0 Å². The molecule has 0 amide bonds. The third kappa shape index (κ3) is 3.16. The fourth-order valence-electron chi connectivity index (χ4n) is 1.80. The standard InChI is InChI=1S/C14H10BrF3O/c15-11-5-4-8(16)6-9(11)14(19)7-10-12(17)2-1-3-13(10)18/h1-6,14,19H,7H2. The maximum absolute atomic E-state index is 13.5. The van der Waals surface area contributed by atoms with Gasteiger partial charge in [0, 0.05) is 16.5 Å². The summed E-state index contributed by atoms with van der Waals surface area (Å²) in [6.45, 7) is 0. The van der Waals surface area contributed by atoms with Crippen LogP contribution in [0.2, 0.25) is 0 Å². The first kappa shape index (κ1) is 14.1. The summed E-state index contributed by atoms with van der Waals surface area (Å²) in [6, 6.07) is 7.28. The summed E-state index contributed by atoms with van der Waals surface area (Å²) in [6.07, 6.45) is -1.46. The largest absolute Gasteiger partial charge is 0.388 e. The molecule has 19 heavy (non-hydrogen) atoms. The molecule has 1 nitrogen and oxygen atoms in total. The average molecular weight is 331 g/mol. The molecule has 5 heteroatoms. The van der Waals surface area contributed by atoms with Crippen molar-refractivity contribution in [2.24, 2.45) is 0 Å². The molecular formula is C14H10BrF3O. The van der Waals surface area contributed by atoms with E-state index in [4.69, 9.17) is 0 Å². The number of rotatable bonds is 3. The zero-order valence-corrected chi connectivity index (χ0v) is 11.3. The molecule has 0 saturated carbocycles. The van der Waals surface area contributed by atoms with Crippen molar-refractivity contribution < 1.29 is 18.3 Å². The van der Waals surface area contributed by atoms with Gasteiger partial charge in [-0.3, -0.25) is 0 Å². The number of hydrogen-bond donors (Lipinski definition) is 1. The normalized spacial score (nSPS) is 12.5. The quantitative estimate of drug-likeness (QED) is 0.896. The molecule has 100 valence electrons. The van der Waals surface area contributed by atoms with Gasteiger partial charge < -0.3 is 5.11 Å². The van der Waals surface area contributed by atoms with Crippen molar-refractivity contribution in [3.8, 4) is 0 Å². The summed E-state index contributed by atoms with van der Waals surface area (Å²) >= 11 is 3.17. The first-order valence-electron chi connectivity index (χ1n) is 5.55. The molecule has 2 aromatic carbocycles. The number of aliphatic hydroxyl groups is 1.